The molecule has 0 bridgehead atoms. The van der Waals surface area contributed by atoms with Crippen LogP contribution in [0.15, 0.2) is 10.6 Å². The van der Waals surface area contributed by atoms with Crippen LogP contribution in [0.1, 0.15) is 60.8 Å². The quantitative estimate of drug-likeness (QED) is 0.904. The largest absolute Gasteiger partial charge is 0.393 e. The third kappa shape index (κ3) is 3.08. The third-order valence-electron chi connectivity index (χ3n) is 4.62. The van der Waals surface area contributed by atoms with E-state index in [1.807, 2.05) is 19.9 Å². The average molecular weight is 317 g/mol. The standard InChI is InChI=1S/C17H23N3O3/c1-9(2)13-7-12(15-10(3)20-23-17(15)19-13)16(22)18-8-11-5-4-6-14(11)21/h7,9,11,14,21H,4-6,8H2,1-3H3,(H,18,22). The number of amides is 1. The van der Waals surface area contributed by atoms with Crippen molar-refractivity contribution in [1.82, 2.24) is 15.5 Å². The second-order valence-corrected chi connectivity index (χ2v) is 6.67. The Bertz CT molecular complexity index is 723. The zero-order chi connectivity index (χ0) is 16.6. The highest BCUT2D eigenvalue weighted by Gasteiger charge is 2.26. The summed E-state index contributed by atoms with van der Waals surface area (Å²) in [6.07, 6.45) is 2.49. The van der Waals surface area contributed by atoms with E-state index in [-0.39, 0.29) is 23.8 Å². The van der Waals surface area contributed by atoms with Gasteiger partial charge in [-0.25, -0.2) is 4.98 Å². The van der Waals surface area contributed by atoms with Crippen LogP contribution in [-0.2, 0) is 0 Å². The van der Waals surface area contributed by atoms with Gasteiger partial charge in [-0.15, -0.1) is 0 Å². The van der Waals surface area contributed by atoms with Crippen molar-refractivity contribution in [3.8, 4) is 0 Å². The molecule has 1 amide bonds. The molecule has 2 unspecified atom stereocenters. The second kappa shape index (κ2) is 6.28. The minimum absolute atomic E-state index is 0.143. The number of carbonyl (C=O) groups is 1. The molecule has 0 saturated heterocycles. The topological polar surface area (TPSA) is 88.2 Å². The number of aliphatic hydroxyl groups is 1. The predicted molar refractivity (Wildman–Crippen MR) is 86.3 cm³/mol. The van der Waals surface area contributed by atoms with Gasteiger partial charge in [0, 0.05) is 18.2 Å². The minimum Gasteiger partial charge on any atom is -0.393 e. The van der Waals surface area contributed by atoms with Gasteiger partial charge in [-0.3, -0.25) is 4.79 Å². The van der Waals surface area contributed by atoms with E-state index in [1.54, 1.807) is 6.92 Å². The summed E-state index contributed by atoms with van der Waals surface area (Å²) in [5.41, 5.74) is 2.42. The fourth-order valence-corrected chi connectivity index (χ4v) is 3.16. The van der Waals surface area contributed by atoms with Crippen molar-refractivity contribution in [2.24, 2.45) is 5.92 Å². The number of hydrogen-bond donors (Lipinski definition) is 2. The molecule has 124 valence electrons. The summed E-state index contributed by atoms with van der Waals surface area (Å²) in [4.78, 5) is 17.1. The first kappa shape index (κ1) is 15.9. The molecule has 2 atom stereocenters. The van der Waals surface area contributed by atoms with Gasteiger partial charge < -0.3 is 14.9 Å². The summed E-state index contributed by atoms with van der Waals surface area (Å²) in [5, 5.41) is 17.4. The molecule has 2 heterocycles. The van der Waals surface area contributed by atoms with E-state index in [0.717, 1.165) is 25.0 Å². The lowest BCUT2D eigenvalue weighted by atomic mass is 10.0. The Labute approximate surface area is 135 Å². The Kier molecular flexibility index (Phi) is 4.35. The molecule has 1 fully saturated rings. The van der Waals surface area contributed by atoms with Gasteiger partial charge in [-0.1, -0.05) is 25.4 Å². The summed E-state index contributed by atoms with van der Waals surface area (Å²) in [6, 6.07) is 1.82. The van der Waals surface area contributed by atoms with Crippen molar-refractivity contribution in [2.45, 2.75) is 52.1 Å². The highest BCUT2D eigenvalue weighted by Crippen LogP contribution is 2.27. The maximum Gasteiger partial charge on any atom is 0.259 e. The monoisotopic (exact) mass is 317 g/mol. The molecule has 1 aliphatic carbocycles. The maximum atomic E-state index is 12.7. The normalized spacial score (nSPS) is 21.3. The summed E-state index contributed by atoms with van der Waals surface area (Å²) in [5.74, 6) is 0.169. The molecule has 0 aliphatic heterocycles. The number of nitrogens with one attached hydrogen (secondary N) is 1. The average Bonchev–Trinajstić information content (AvgIpc) is 3.10. The van der Waals surface area contributed by atoms with Crippen LogP contribution in [0.25, 0.3) is 11.1 Å². The molecular weight excluding hydrogens is 294 g/mol. The second-order valence-electron chi connectivity index (χ2n) is 6.67. The lowest BCUT2D eigenvalue weighted by Gasteiger charge is -2.15. The van der Waals surface area contributed by atoms with Crippen LogP contribution in [0.5, 0.6) is 0 Å². The van der Waals surface area contributed by atoms with Crippen molar-refractivity contribution >= 4 is 17.0 Å². The van der Waals surface area contributed by atoms with Crippen LogP contribution in [0, 0.1) is 12.8 Å². The minimum atomic E-state index is -0.309. The Hall–Kier alpha value is -1.95. The van der Waals surface area contributed by atoms with Gasteiger partial charge in [0.15, 0.2) is 0 Å². The molecule has 0 radical (unpaired) electrons. The molecule has 3 rings (SSSR count). The van der Waals surface area contributed by atoms with E-state index < -0.39 is 0 Å². The lowest BCUT2D eigenvalue weighted by Crippen LogP contribution is -2.32. The summed E-state index contributed by atoms with van der Waals surface area (Å²) >= 11 is 0. The van der Waals surface area contributed by atoms with Crippen LogP contribution in [0.3, 0.4) is 0 Å². The number of rotatable bonds is 4. The molecule has 2 aromatic rings. The zero-order valence-corrected chi connectivity index (χ0v) is 13.8. The first-order valence-electron chi connectivity index (χ1n) is 8.20. The van der Waals surface area contributed by atoms with Crippen LogP contribution in [0.2, 0.25) is 0 Å². The van der Waals surface area contributed by atoms with Gasteiger partial charge in [0.2, 0.25) is 0 Å². The van der Waals surface area contributed by atoms with E-state index in [2.05, 4.69) is 15.5 Å². The maximum absolute atomic E-state index is 12.7. The Morgan fingerprint density at radius 2 is 2.26 bits per heavy atom. The molecule has 1 aliphatic rings. The smallest absolute Gasteiger partial charge is 0.259 e. The van der Waals surface area contributed by atoms with Gasteiger partial charge in [0.1, 0.15) is 0 Å². The fourth-order valence-electron chi connectivity index (χ4n) is 3.16. The van der Waals surface area contributed by atoms with E-state index in [0.29, 0.717) is 28.9 Å². The summed E-state index contributed by atoms with van der Waals surface area (Å²) < 4.78 is 5.24. The Morgan fingerprint density at radius 3 is 2.91 bits per heavy atom. The van der Waals surface area contributed by atoms with E-state index >= 15 is 0 Å². The molecule has 0 aromatic carbocycles. The number of aryl methyl sites for hydroxylation is 1. The number of aromatic nitrogens is 2. The highest BCUT2D eigenvalue weighted by molar-refractivity contribution is 6.06. The number of nitrogens with zero attached hydrogens (tertiary/aromatic N) is 2. The molecule has 23 heavy (non-hydrogen) atoms. The molecule has 2 aromatic heterocycles. The van der Waals surface area contributed by atoms with Gasteiger partial charge in [-0.05, 0) is 31.7 Å². The van der Waals surface area contributed by atoms with Crippen molar-refractivity contribution in [2.75, 3.05) is 6.54 Å². The first-order chi connectivity index (χ1) is 11.0. The van der Waals surface area contributed by atoms with Gasteiger partial charge in [-0.2, -0.15) is 0 Å². The van der Waals surface area contributed by atoms with E-state index in [1.165, 1.54) is 0 Å². The molecule has 6 nitrogen and oxygen atoms in total. The number of aliphatic hydroxyl groups excluding tert-OH is 1. The van der Waals surface area contributed by atoms with E-state index in [4.69, 9.17) is 4.52 Å². The molecule has 1 saturated carbocycles. The van der Waals surface area contributed by atoms with Crippen molar-refractivity contribution < 1.29 is 14.4 Å². The number of carbonyl (C=O) groups excluding carboxylic acids is 1. The van der Waals surface area contributed by atoms with Crippen molar-refractivity contribution in [3.05, 3.63) is 23.0 Å². The van der Waals surface area contributed by atoms with E-state index in [9.17, 15) is 9.90 Å². The molecule has 0 spiro atoms. The zero-order valence-electron chi connectivity index (χ0n) is 13.8. The number of hydrogen-bond acceptors (Lipinski definition) is 5. The molecule has 2 N–H and O–H groups in total. The number of fused-ring (bicyclic) bond motifs is 1. The highest BCUT2D eigenvalue weighted by atomic mass is 16.5. The summed E-state index contributed by atoms with van der Waals surface area (Å²) in [6.45, 7) is 6.34. The van der Waals surface area contributed by atoms with Crippen LogP contribution in [0.4, 0.5) is 0 Å². The van der Waals surface area contributed by atoms with Crippen LogP contribution in [-0.4, -0.2) is 33.8 Å². The van der Waals surface area contributed by atoms with Crippen LogP contribution >= 0.6 is 0 Å². The summed E-state index contributed by atoms with van der Waals surface area (Å²) in [7, 11) is 0. The van der Waals surface area contributed by atoms with Crippen LogP contribution < -0.4 is 5.32 Å². The Balaban J connectivity index is 1.87. The van der Waals surface area contributed by atoms with Crippen molar-refractivity contribution in [1.29, 1.82) is 0 Å². The third-order valence-corrected chi connectivity index (χ3v) is 4.62. The lowest BCUT2D eigenvalue weighted by molar-refractivity contribution is 0.0918. The van der Waals surface area contributed by atoms with Crippen molar-refractivity contribution in [3.63, 3.8) is 0 Å². The fraction of sp³-hybridized carbons (Fsp3) is 0.588. The van der Waals surface area contributed by atoms with Gasteiger partial charge in [0.25, 0.3) is 11.6 Å². The Morgan fingerprint density at radius 1 is 1.48 bits per heavy atom. The number of pyridine rings is 1. The predicted octanol–water partition coefficient (Wildman–Crippen LogP) is 2.55. The first-order valence-corrected chi connectivity index (χ1v) is 8.20. The SMILES string of the molecule is Cc1noc2nc(C(C)C)cc(C(=O)NCC3CCCC3O)c12. The van der Waals surface area contributed by atoms with Gasteiger partial charge in [0.05, 0.1) is 22.7 Å². The molecule has 6 heteroatoms. The van der Waals surface area contributed by atoms with Gasteiger partial charge >= 0.3 is 0 Å². The molecular formula is C17H23N3O3.